The topological polar surface area (TPSA) is 54.5 Å². The van der Waals surface area contributed by atoms with Crippen molar-refractivity contribution in [1.82, 2.24) is 14.7 Å². The molecule has 0 unspecified atom stereocenters. The summed E-state index contributed by atoms with van der Waals surface area (Å²) in [4.78, 5) is 19.8. The smallest absolute Gasteiger partial charge is 0.253 e. The third-order valence-electron chi connectivity index (χ3n) is 6.56. The van der Waals surface area contributed by atoms with E-state index in [0.29, 0.717) is 36.4 Å². The standard InChI is InChI=1S/C27H39N3O4/c1-7-29(20(2)3)18-21-8-10-22(11-9-21)27(31)30-16-14-28(15-17-30)19-23-12-13-24(32-4)26(34-6)25(23)33-5/h8-13,20H,7,14-19H2,1-6H3. The Balaban J connectivity index is 1.58. The van der Waals surface area contributed by atoms with Crippen LogP contribution >= 0.6 is 0 Å². The number of hydrogen-bond donors (Lipinski definition) is 0. The van der Waals surface area contributed by atoms with E-state index >= 15 is 0 Å². The Labute approximate surface area is 204 Å². The van der Waals surface area contributed by atoms with Crippen LogP contribution in [0.25, 0.3) is 0 Å². The number of piperazine rings is 1. The Morgan fingerprint density at radius 3 is 2.09 bits per heavy atom. The van der Waals surface area contributed by atoms with Gasteiger partial charge in [0.1, 0.15) is 0 Å². The molecule has 0 N–H and O–H groups in total. The number of amides is 1. The summed E-state index contributed by atoms with van der Waals surface area (Å²) in [6.45, 7) is 12.3. The van der Waals surface area contributed by atoms with E-state index in [1.807, 2.05) is 29.2 Å². The number of carbonyl (C=O) groups is 1. The molecule has 1 aliphatic heterocycles. The van der Waals surface area contributed by atoms with Crippen molar-refractivity contribution in [3.8, 4) is 17.2 Å². The average Bonchev–Trinajstić information content (AvgIpc) is 2.87. The molecule has 186 valence electrons. The highest BCUT2D eigenvalue weighted by molar-refractivity contribution is 5.94. The summed E-state index contributed by atoms with van der Waals surface area (Å²) in [7, 11) is 4.88. The number of nitrogens with zero attached hydrogens (tertiary/aromatic N) is 3. The minimum Gasteiger partial charge on any atom is -0.493 e. The van der Waals surface area contributed by atoms with Crippen molar-refractivity contribution in [2.24, 2.45) is 0 Å². The Bertz CT molecular complexity index is 938. The van der Waals surface area contributed by atoms with E-state index in [1.54, 1.807) is 21.3 Å². The van der Waals surface area contributed by atoms with E-state index in [-0.39, 0.29) is 5.91 Å². The lowest BCUT2D eigenvalue weighted by Gasteiger charge is -2.35. The molecule has 0 aliphatic carbocycles. The number of methoxy groups -OCH3 is 3. The number of ether oxygens (including phenoxy) is 3. The summed E-state index contributed by atoms with van der Waals surface area (Å²) < 4.78 is 16.5. The number of benzene rings is 2. The van der Waals surface area contributed by atoms with E-state index in [0.717, 1.165) is 43.9 Å². The van der Waals surface area contributed by atoms with Crippen molar-refractivity contribution >= 4 is 5.91 Å². The van der Waals surface area contributed by atoms with Crippen LogP contribution in [0.4, 0.5) is 0 Å². The molecule has 7 nitrogen and oxygen atoms in total. The normalized spacial score (nSPS) is 14.5. The first-order valence-electron chi connectivity index (χ1n) is 12.0. The summed E-state index contributed by atoms with van der Waals surface area (Å²) >= 11 is 0. The molecule has 0 atom stereocenters. The van der Waals surface area contributed by atoms with Gasteiger partial charge in [-0.15, -0.1) is 0 Å². The van der Waals surface area contributed by atoms with Crippen molar-refractivity contribution in [2.75, 3.05) is 54.1 Å². The lowest BCUT2D eigenvalue weighted by atomic mass is 10.1. The first-order chi connectivity index (χ1) is 16.4. The van der Waals surface area contributed by atoms with Crippen LogP contribution in [-0.4, -0.2) is 80.7 Å². The van der Waals surface area contributed by atoms with Crippen molar-refractivity contribution in [3.63, 3.8) is 0 Å². The average molecular weight is 470 g/mol. The molecule has 1 fully saturated rings. The molecule has 2 aromatic rings. The molecule has 0 saturated carbocycles. The van der Waals surface area contributed by atoms with Gasteiger partial charge in [-0.1, -0.05) is 25.1 Å². The van der Waals surface area contributed by atoms with Crippen molar-refractivity contribution in [3.05, 3.63) is 53.1 Å². The van der Waals surface area contributed by atoms with Crippen LogP contribution in [-0.2, 0) is 13.1 Å². The van der Waals surface area contributed by atoms with Crippen LogP contribution in [0, 0.1) is 0 Å². The fourth-order valence-corrected chi connectivity index (χ4v) is 4.47. The fourth-order valence-electron chi connectivity index (χ4n) is 4.47. The molecule has 0 radical (unpaired) electrons. The van der Waals surface area contributed by atoms with Gasteiger partial charge in [0.05, 0.1) is 21.3 Å². The lowest BCUT2D eigenvalue weighted by Crippen LogP contribution is -2.48. The van der Waals surface area contributed by atoms with E-state index in [1.165, 1.54) is 5.56 Å². The molecule has 2 aromatic carbocycles. The molecule has 0 aromatic heterocycles. The second-order valence-corrected chi connectivity index (χ2v) is 8.92. The molecule has 1 heterocycles. The molecule has 3 rings (SSSR count). The zero-order valence-corrected chi connectivity index (χ0v) is 21.5. The molecule has 7 heteroatoms. The number of rotatable bonds is 10. The summed E-state index contributed by atoms with van der Waals surface area (Å²) in [5.41, 5.74) is 3.03. The highest BCUT2D eigenvalue weighted by atomic mass is 16.5. The van der Waals surface area contributed by atoms with E-state index in [4.69, 9.17) is 14.2 Å². The Morgan fingerprint density at radius 2 is 1.56 bits per heavy atom. The van der Waals surface area contributed by atoms with Gasteiger partial charge in [-0.05, 0) is 44.2 Å². The minimum atomic E-state index is 0.103. The molecule has 0 spiro atoms. The van der Waals surface area contributed by atoms with Gasteiger partial charge < -0.3 is 19.1 Å². The van der Waals surface area contributed by atoms with Gasteiger partial charge in [0.15, 0.2) is 11.5 Å². The quantitative estimate of drug-likeness (QED) is 0.526. The predicted octanol–water partition coefficient (Wildman–Crippen LogP) is 3.90. The van der Waals surface area contributed by atoms with Crippen LogP contribution in [0.2, 0.25) is 0 Å². The summed E-state index contributed by atoms with van der Waals surface area (Å²) in [5, 5.41) is 0. The van der Waals surface area contributed by atoms with E-state index in [9.17, 15) is 4.79 Å². The fraction of sp³-hybridized carbons (Fsp3) is 0.519. The molecular formula is C27H39N3O4. The molecule has 1 saturated heterocycles. The Hall–Kier alpha value is -2.77. The van der Waals surface area contributed by atoms with Gasteiger partial charge in [-0.2, -0.15) is 0 Å². The SMILES string of the molecule is CCN(Cc1ccc(C(=O)N2CCN(Cc3ccc(OC)c(OC)c3OC)CC2)cc1)C(C)C. The number of carbonyl (C=O) groups excluding carboxylic acids is 1. The molecule has 1 amide bonds. The third kappa shape index (κ3) is 6.02. The van der Waals surface area contributed by atoms with Crippen LogP contribution in [0.15, 0.2) is 36.4 Å². The zero-order valence-electron chi connectivity index (χ0n) is 21.5. The molecule has 1 aliphatic rings. The lowest BCUT2D eigenvalue weighted by molar-refractivity contribution is 0.0627. The second kappa shape index (κ2) is 12.1. The highest BCUT2D eigenvalue weighted by Gasteiger charge is 2.24. The Morgan fingerprint density at radius 1 is 0.912 bits per heavy atom. The second-order valence-electron chi connectivity index (χ2n) is 8.92. The predicted molar refractivity (Wildman–Crippen MR) is 135 cm³/mol. The molecule has 34 heavy (non-hydrogen) atoms. The Kier molecular flexibility index (Phi) is 9.19. The van der Waals surface area contributed by atoms with Crippen LogP contribution in [0.5, 0.6) is 17.2 Å². The number of hydrogen-bond acceptors (Lipinski definition) is 6. The first kappa shape index (κ1) is 25.8. The summed E-state index contributed by atoms with van der Waals surface area (Å²) in [6.07, 6.45) is 0. The summed E-state index contributed by atoms with van der Waals surface area (Å²) in [6, 6.07) is 12.5. The highest BCUT2D eigenvalue weighted by Crippen LogP contribution is 2.40. The van der Waals surface area contributed by atoms with Gasteiger partial charge in [-0.25, -0.2) is 0 Å². The van der Waals surface area contributed by atoms with Gasteiger partial charge in [0.2, 0.25) is 5.75 Å². The molecular weight excluding hydrogens is 430 g/mol. The van der Waals surface area contributed by atoms with Crippen LogP contribution < -0.4 is 14.2 Å². The maximum Gasteiger partial charge on any atom is 0.253 e. The first-order valence-corrected chi connectivity index (χ1v) is 12.0. The minimum absolute atomic E-state index is 0.103. The van der Waals surface area contributed by atoms with Crippen LogP contribution in [0.1, 0.15) is 42.3 Å². The van der Waals surface area contributed by atoms with Crippen LogP contribution in [0.3, 0.4) is 0 Å². The van der Waals surface area contributed by atoms with Crippen molar-refractivity contribution in [1.29, 1.82) is 0 Å². The third-order valence-corrected chi connectivity index (χ3v) is 6.56. The van der Waals surface area contributed by atoms with Gasteiger partial charge >= 0.3 is 0 Å². The maximum atomic E-state index is 13.1. The van der Waals surface area contributed by atoms with Crippen molar-refractivity contribution in [2.45, 2.75) is 39.9 Å². The monoisotopic (exact) mass is 469 g/mol. The van der Waals surface area contributed by atoms with Gasteiger partial charge in [-0.3, -0.25) is 14.6 Å². The largest absolute Gasteiger partial charge is 0.493 e. The molecule has 0 bridgehead atoms. The zero-order chi connectivity index (χ0) is 24.7. The van der Waals surface area contributed by atoms with Gasteiger partial charge in [0, 0.05) is 56.4 Å². The van der Waals surface area contributed by atoms with Crippen molar-refractivity contribution < 1.29 is 19.0 Å². The maximum absolute atomic E-state index is 13.1. The summed E-state index contributed by atoms with van der Waals surface area (Å²) in [5.74, 6) is 2.05. The van der Waals surface area contributed by atoms with Gasteiger partial charge in [0.25, 0.3) is 5.91 Å². The van der Waals surface area contributed by atoms with E-state index < -0.39 is 0 Å². The van der Waals surface area contributed by atoms with E-state index in [2.05, 4.69) is 42.7 Å².